The molecule has 8 heteroatoms. The summed E-state index contributed by atoms with van der Waals surface area (Å²) in [6.45, 7) is 0.229. The van der Waals surface area contributed by atoms with Crippen molar-refractivity contribution in [3.63, 3.8) is 0 Å². The van der Waals surface area contributed by atoms with Crippen LogP contribution in [0.5, 0.6) is 11.5 Å². The molecule has 0 atom stereocenters. The second-order valence-corrected chi connectivity index (χ2v) is 5.53. The molecule has 5 nitrogen and oxygen atoms in total. The topological polar surface area (TPSA) is 68.9 Å². The van der Waals surface area contributed by atoms with Crippen molar-refractivity contribution in [3.8, 4) is 11.5 Å². The van der Waals surface area contributed by atoms with E-state index in [1.54, 1.807) is 24.3 Å². The quantitative estimate of drug-likeness (QED) is 0.466. The maximum atomic E-state index is 12.9. The second-order valence-electron chi connectivity index (χ2n) is 4.68. The van der Waals surface area contributed by atoms with Crippen LogP contribution in [-0.2, 0) is 6.61 Å². The molecule has 2 aromatic carbocycles. The highest BCUT2D eigenvalue weighted by atomic mass is 35.5. The minimum absolute atomic E-state index is 0.0589. The van der Waals surface area contributed by atoms with E-state index in [0.29, 0.717) is 22.1 Å². The summed E-state index contributed by atoms with van der Waals surface area (Å²) in [6.07, 6.45) is 1.50. The maximum absolute atomic E-state index is 12.9. The van der Waals surface area contributed by atoms with Crippen molar-refractivity contribution < 1.29 is 13.9 Å². The summed E-state index contributed by atoms with van der Waals surface area (Å²) in [5.41, 5.74) is 9.21. The number of nitrogens with one attached hydrogen (secondary N) is 1. The van der Waals surface area contributed by atoms with Gasteiger partial charge in [-0.2, -0.15) is 5.10 Å². The molecule has 24 heavy (non-hydrogen) atoms. The van der Waals surface area contributed by atoms with Gasteiger partial charge in [0.15, 0.2) is 16.6 Å². The Hall–Kier alpha value is -2.38. The summed E-state index contributed by atoms with van der Waals surface area (Å²) in [5, 5.41) is 4.27. The molecule has 0 saturated carbocycles. The third-order valence-electron chi connectivity index (χ3n) is 2.94. The van der Waals surface area contributed by atoms with Crippen LogP contribution >= 0.6 is 23.8 Å². The number of benzene rings is 2. The maximum Gasteiger partial charge on any atom is 0.184 e. The van der Waals surface area contributed by atoms with Crippen LogP contribution in [0.2, 0.25) is 5.02 Å². The molecule has 0 unspecified atom stereocenters. The fourth-order valence-corrected chi connectivity index (χ4v) is 2.19. The van der Waals surface area contributed by atoms with Crippen LogP contribution < -0.4 is 20.6 Å². The normalized spacial score (nSPS) is 10.6. The van der Waals surface area contributed by atoms with Crippen molar-refractivity contribution in [2.75, 3.05) is 7.11 Å². The lowest BCUT2D eigenvalue weighted by molar-refractivity contribution is 0.284. The Morgan fingerprint density at radius 3 is 2.71 bits per heavy atom. The van der Waals surface area contributed by atoms with E-state index in [9.17, 15) is 4.39 Å². The fraction of sp³-hybridized carbons (Fsp3) is 0.125. The Morgan fingerprint density at radius 1 is 1.38 bits per heavy atom. The number of rotatable bonds is 6. The third-order valence-corrected chi connectivity index (χ3v) is 3.31. The molecule has 3 N–H and O–H groups in total. The van der Waals surface area contributed by atoms with Crippen molar-refractivity contribution in [3.05, 3.63) is 58.4 Å². The van der Waals surface area contributed by atoms with Crippen LogP contribution in [0.1, 0.15) is 11.1 Å². The zero-order valence-corrected chi connectivity index (χ0v) is 14.3. The fourth-order valence-electron chi connectivity index (χ4n) is 1.86. The monoisotopic (exact) mass is 367 g/mol. The van der Waals surface area contributed by atoms with Gasteiger partial charge in [-0.25, -0.2) is 4.39 Å². The van der Waals surface area contributed by atoms with Gasteiger partial charge in [0, 0.05) is 0 Å². The molecule has 0 aliphatic heterocycles. The van der Waals surface area contributed by atoms with Gasteiger partial charge < -0.3 is 15.2 Å². The highest BCUT2D eigenvalue weighted by Gasteiger charge is 2.12. The number of hydrogen-bond acceptors (Lipinski definition) is 4. The molecule has 0 spiro atoms. The zero-order chi connectivity index (χ0) is 17.5. The summed E-state index contributed by atoms with van der Waals surface area (Å²) in [5.74, 6) is 0.535. The van der Waals surface area contributed by atoms with Gasteiger partial charge in [0.2, 0.25) is 0 Å². The highest BCUT2D eigenvalue weighted by Crippen LogP contribution is 2.36. The van der Waals surface area contributed by atoms with Gasteiger partial charge in [-0.1, -0.05) is 23.7 Å². The van der Waals surface area contributed by atoms with Crippen LogP contribution in [0, 0.1) is 5.82 Å². The van der Waals surface area contributed by atoms with Crippen molar-refractivity contribution in [2.45, 2.75) is 6.61 Å². The lowest BCUT2D eigenvalue weighted by Crippen LogP contribution is -2.23. The summed E-state index contributed by atoms with van der Waals surface area (Å²) in [6, 6.07) is 9.37. The Labute approximate surface area is 149 Å². The van der Waals surface area contributed by atoms with Crippen LogP contribution in [0.15, 0.2) is 41.5 Å². The highest BCUT2D eigenvalue weighted by molar-refractivity contribution is 7.80. The Morgan fingerprint density at radius 2 is 2.08 bits per heavy atom. The molecule has 0 saturated heterocycles. The molecule has 2 aromatic rings. The number of ether oxygens (including phenoxy) is 2. The van der Waals surface area contributed by atoms with Gasteiger partial charge in [0.25, 0.3) is 0 Å². The van der Waals surface area contributed by atoms with E-state index in [4.69, 9.17) is 26.8 Å². The summed E-state index contributed by atoms with van der Waals surface area (Å²) in [4.78, 5) is 0. The van der Waals surface area contributed by atoms with Crippen LogP contribution in [-0.4, -0.2) is 18.4 Å². The second kappa shape index (κ2) is 8.47. The molecule has 0 fully saturated rings. The largest absolute Gasteiger partial charge is 0.493 e. The van der Waals surface area contributed by atoms with Gasteiger partial charge in [-0.3, -0.25) is 5.43 Å². The van der Waals surface area contributed by atoms with E-state index < -0.39 is 0 Å². The summed E-state index contributed by atoms with van der Waals surface area (Å²) < 4.78 is 23.9. The lowest BCUT2D eigenvalue weighted by Gasteiger charge is -2.13. The molecule has 0 heterocycles. The molecule has 0 radical (unpaired) electrons. The van der Waals surface area contributed by atoms with E-state index in [1.807, 2.05) is 0 Å². The minimum Gasteiger partial charge on any atom is -0.493 e. The SMILES string of the molecule is COc1cc(/C=N\NC(N)=S)cc(Cl)c1OCc1ccc(F)cc1. The molecule has 0 aliphatic rings. The third kappa shape index (κ3) is 5.07. The van der Waals surface area contributed by atoms with E-state index >= 15 is 0 Å². The van der Waals surface area contributed by atoms with E-state index in [2.05, 4.69) is 22.7 Å². The first-order chi connectivity index (χ1) is 11.5. The molecule has 0 amide bonds. The minimum atomic E-state index is -0.302. The molecule has 2 rings (SSSR count). The number of nitrogens with zero attached hydrogens (tertiary/aromatic N) is 1. The molecule has 126 valence electrons. The van der Waals surface area contributed by atoms with Gasteiger partial charge in [-0.05, 0) is 47.6 Å². The Balaban J connectivity index is 2.15. The molecular formula is C16H15ClFN3O2S. The number of hydrazone groups is 1. The van der Waals surface area contributed by atoms with E-state index in [-0.39, 0.29) is 17.5 Å². The van der Waals surface area contributed by atoms with Crippen molar-refractivity contribution in [1.82, 2.24) is 5.43 Å². The van der Waals surface area contributed by atoms with Crippen LogP contribution in [0.25, 0.3) is 0 Å². The van der Waals surface area contributed by atoms with Gasteiger partial charge >= 0.3 is 0 Å². The Kier molecular flexibility index (Phi) is 6.34. The number of hydrogen-bond donors (Lipinski definition) is 2. The van der Waals surface area contributed by atoms with E-state index in [0.717, 1.165) is 5.56 Å². The average Bonchev–Trinajstić information content (AvgIpc) is 2.54. The zero-order valence-electron chi connectivity index (χ0n) is 12.8. The predicted octanol–water partition coefficient (Wildman–Crippen LogP) is 3.23. The van der Waals surface area contributed by atoms with Crippen molar-refractivity contribution in [1.29, 1.82) is 0 Å². The molecular weight excluding hydrogens is 353 g/mol. The average molecular weight is 368 g/mol. The molecule has 0 aliphatic carbocycles. The van der Waals surface area contributed by atoms with Crippen LogP contribution in [0.3, 0.4) is 0 Å². The van der Waals surface area contributed by atoms with Gasteiger partial charge in [0.05, 0.1) is 18.3 Å². The summed E-state index contributed by atoms with van der Waals surface area (Å²) >= 11 is 10.9. The smallest absolute Gasteiger partial charge is 0.184 e. The van der Waals surface area contributed by atoms with Crippen LogP contribution in [0.4, 0.5) is 4.39 Å². The number of methoxy groups -OCH3 is 1. The number of halogens is 2. The first-order valence-electron chi connectivity index (χ1n) is 6.83. The first-order valence-corrected chi connectivity index (χ1v) is 7.61. The van der Waals surface area contributed by atoms with Gasteiger partial charge in [0.1, 0.15) is 12.4 Å². The number of nitrogens with two attached hydrogens (primary N) is 1. The Bertz CT molecular complexity index is 754. The van der Waals surface area contributed by atoms with Crippen molar-refractivity contribution in [2.24, 2.45) is 10.8 Å². The van der Waals surface area contributed by atoms with Gasteiger partial charge in [-0.15, -0.1) is 0 Å². The summed E-state index contributed by atoms with van der Waals surface area (Å²) in [7, 11) is 1.50. The molecule has 0 bridgehead atoms. The first kappa shape index (κ1) is 18.0. The lowest BCUT2D eigenvalue weighted by atomic mass is 10.2. The van der Waals surface area contributed by atoms with E-state index in [1.165, 1.54) is 25.5 Å². The molecule has 0 aromatic heterocycles. The predicted molar refractivity (Wildman–Crippen MR) is 96.3 cm³/mol. The van der Waals surface area contributed by atoms with Crippen molar-refractivity contribution >= 4 is 35.1 Å². The standard InChI is InChI=1S/C16H15ClFN3O2S/c1-22-14-7-11(8-20-21-16(19)24)6-13(17)15(14)23-9-10-2-4-12(18)5-3-10/h2-8H,9H2,1H3,(H3,19,21,24)/b20-8-. The number of thiocarbonyl (C=S) groups is 1.